The van der Waals surface area contributed by atoms with Crippen molar-refractivity contribution in [1.29, 1.82) is 0 Å². The molecule has 2 aromatic rings. The molecule has 160 valence electrons. The Hall–Kier alpha value is -2.18. The molecule has 0 amide bonds. The summed E-state index contributed by atoms with van der Waals surface area (Å²) in [4.78, 5) is 2.71. The summed E-state index contributed by atoms with van der Waals surface area (Å²) in [6.07, 6.45) is 4.96. The molecule has 0 radical (unpaired) electrons. The molecule has 0 spiro atoms. The van der Waals surface area contributed by atoms with Crippen LogP contribution in [0.4, 0.5) is 5.82 Å². The van der Waals surface area contributed by atoms with Crippen LogP contribution in [-0.2, 0) is 4.74 Å². The highest BCUT2D eigenvalue weighted by Crippen LogP contribution is 2.39. The predicted octanol–water partition coefficient (Wildman–Crippen LogP) is 3.70. The predicted molar refractivity (Wildman–Crippen MR) is 118 cm³/mol. The fourth-order valence-corrected chi connectivity index (χ4v) is 5.51. The van der Waals surface area contributed by atoms with Gasteiger partial charge in [0.25, 0.3) is 0 Å². The molecule has 30 heavy (non-hydrogen) atoms. The third kappa shape index (κ3) is 4.44. The van der Waals surface area contributed by atoms with Crippen LogP contribution in [0.5, 0.6) is 5.75 Å². The van der Waals surface area contributed by atoms with Crippen molar-refractivity contribution in [2.24, 2.45) is 17.8 Å². The zero-order chi connectivity index (χ0) is 20.3. The minimum atomic E-state index is 0.516. The first-order valence-corrected chi connectivity index (χ1v) is 11.3. The Morgan fingerprint density at radius 3 is 2.57 bits per heavy atom. The molecule has 0 bridgehead atoms. The molecule has 3 aliphatic rings. The van der Waals surface area contributed by atoms with E-state index in [1.165, 1.54) is 45.3 Å². The van der Waals surface area contributed by atoms with E-state index in [4.69, 9.17) is 9.47 Å². The van der Waals surface area contributed by atoms with E-state index in [1.807, 2.05) is 36.4 Å². The van der Waals surface area contributed by atoms with E-state index in [0.717, 1.165) is 53.8 Å². The van der Waals surface area contributed by atoms with Crippen molar-refractivity contribution in [2.45, 2.75) is 31.7 Å². The van der Waals surface area contributed by atoms with E-state index in [-0.39, 0.29) is 0 Å². The summed E-state index contributed by atoms with van der Waals surface area (Å²) in [6.45, 7) is 5.71. The Balaban J connectivity index is 1.13. The van der Waals surface area contributed by atoms with Gasteiger partial charge in [-0.05, 0) is 67.7 Å². The number of anilines is 1. The molecule has 6 nitrogen and oxygen atoms in total. The van der Waals surface area contributed by atoms with E-state index in [0.29, 0.717) is 6.04 Å². The maximum atomic E-state index is 5.51. The molecular formula is C24H32N4O2. The Kier molecular flexibility index (Phi) is 5.86. The van der Waals surface area contributed by atoms with Crippen LogP contribution in [0, 0.1) is 17.8 Å². The van der Waals surface area contributed by atoms with E-state index < -0.39 is 0 Å². The highest BCUT2D eigenvalue weighted by atomic mass is 16.5. The molecule has 2 unspecified atom stereocenters. The number of fused-ring (bicyclic) bond motifs is 1. The zero-order valence-electron chi connectivity index (χ0n) is 17.8. The molecule has 2 atom stereocenters. The molecule has 1 aromatic heterocycles. The van der Waals surface area contributed by atoms with Crippen LogP contribution in [0.2, 0.25) is 0 Å². The van der Waals surface area contributed by atoms with E-state index >= 15 is 0 Å². The van der Waals surface area contributed by atoms with Gasteiger partial charge >= 0.3 is 0 Å². The fraction of sp³-hybridized carbons (Fsp3) is 0.583. The Labute approximate surface area is 179 Å². The molecule has 2 aliphatic heterocycles. The molecule has 1 N–H and O–H groups in total. The number of rotatable bonds is 6. The molecule has 1 aromatic carbocycles. The van der Waals surface area contributed by atoms with Crippen molar-refractivity contribution in [2.75, 3.05) is 45.3 Å². The molecule has 6 heteroatoms. The largest absolute Gasteiger partial charge is 0.497 e. The summed E-state index contributed by atoms with van der Waals surface area (Å²) >= 11 is 0. The van der Waals surface area contributed by atoms with Crippen molar-refractivity contribution in [3.63, 3.8) is 0 Å². The van der Waals surface area contributed by atoms with Gasteiger partial charge in [-0.15, -0.1) is 10.2 Å². The lowest BCUT2D eigenvalue weighted by Gasteiger charge is -2.27. The number of nitrogens with zero attached hydrogens (tertiary/aromatic N) is 3. The van der Waals surface area contributed by atoms with E-state index in [9.17, 15) is 0 Å². The summed E-state index contributed by atoms with van der Waals surface area (Å²) in [5.74, 6) is 4.20. The molecule has 1 saturated carbocycles. The third-order valence-electron chi connectivity index (χ3n) is 7.07. The number of hydrogen-bond acceptors (Lipinski definition) is 6. The maximum absolute atomic E-state index is 5.51. The number of hydrogen-bond donors (Lipinski definition) is 1. The Morgan fingerprint density at radius 1 is 1.07 bits per heavy atom. The highest BCUT2D eigenvalue weighted by Gasteiger charge is 2.41. The summed E-state index contributed by atoms with van der Waals surface area (Å²) in [5.41, 5.74) is 1.89. The monoisotopic (exact) mass is 408 g/mol. The van der Waals surface area contributed by atoms with Crippen molar-refractivity contribution in [1.82, 2.24) is 15.1 Å². The van der Waals surface area contributed by atoms with Crippen molar-refractivity contribution in [3.8, 4) is 17.0 Å². The zero-order valence-corrected chi connectivity index (χ0v) is 17.8. The lowest BCUT2D eigenvalue weighted by atomic mass is 10.00. The molecule has 5 rings (SSSR count). The minimum absolute atomic E-state index is 0.516. The molecule has 2 saturated heterocycles. The van der Waals surface area contributed by atoms with Crippen LogP contribution >= 0.6 is 0 Å². The van der Waals surface area contributed by atoms with Crippen LogP contribution in [0.15, 0.2) is 36.4 Å². The van der Waals surface area contributed by atoms with Gasteiger partial charge in [-0.1, -0.05) is 12.1 Å². The van der Waals surface area contributed by atoms with Gasteiger partial charge in [0.05, 0.1) is 12.8 Å². The van der Waals surface area contributed by atoms with Crippen LogP contribution in [0.25, 0.3) is 11.3 Å². The van der Waals surface area contributed by atoms with Gasteiger partial charge < -0.3 is 19.7 Å². The van der Waals surface area contributed by atoms with Gasteiger partial charge in [-0.3, -0.25) is 0 Å². The summed E-state index contributed by atoms with van der Waals surface area (Å²) < 4.78 is 10.8. The van der Waals surface area contributed by atoms with Crippen LogP contribution in [-0.4, -0.2) is 61.1 Å². The van der Waals surface area contributed by atoms with Crippen LogP contribution in [0.1, 0.15) is 25.7 Å². The van der Waals surface area contributed by atoms with Crippen LogP contribution in [0.3, 0.4) is 0 Å². The number of benzene rings is 1. The normalized spacial score (nSPS) is 27.2. The summed E-state index contributed by atoms with van der Waals surface area (Å²) in [7, 11) is 1.68. The second-order valence-electron chi connectivity index (χ2n) is 9.14. The van der Waals surface area contributed by atoms with E-state index in [2.05, 4.69) is 20.4 Å². The van der Waals surface area contributed by atoms with Gasteiger partial charge in [-0.2, -0.15) is 0 Å². The van der Waals surface area contributed by atoms with Gasteiger partial charge in [0.1, 0.15) is 11.6 Å². The van der Waals surface area contributed by atoms with Crippen LogP contribution < -0.4 is 10.1 Å². The second kappa shape index (κ2) is 8.90. The fourth-order valence-electron chi connectivity index (χ4n) is 5.51. The summed E-state index contributed by atoms with van der Waals surface area (Å²) in [5, 5.41) is 12.5. The number of aromatic nitrogens is 2. The third-order valence-corrected chi connectivity index (χ3v) is 7.07. The number of nitrogens with one attached hydrogen (secondary N) is 1. The number of likely N-dealkylation sites (tertiary alicyclic amines) is 1. The van der Waals surface area contributed by atoms with Crippen molar-refractivity contribution < 1.29 is 9.47 Å². The van der Waals surface area contributed by atoms with Gasteiger partial charge in [0.15, 0.2) is 0 Å². The van der Waals surface area contributed by atoms with Gasteiger partial charge in [0.2, 0.25) is 0 Å². The smallest absolute Gasteiger partial charge is 0.148 e. The SMILES string of the molecule is COc1cccc(-c2ccc(NC3CC4CN(CC5CCOCC5)CC4C3)nn2)c1. The average molecular weight is 409 g/mol. The molecule has 3 heterocycles. The minimum Gasteiger partial charge on any atom is -0.497 e. The first-order valence-electron chi connectivity index (χ1n) is 11.3. The standard InChI is InChI=1S/C24H32N4O2/c1-29-22-4-2-3-18(13-22)23-5-6-24(27-26-23)25-21-11-19-15-28(16-20(19)12-21)14-17-7-9-30-10-8-17/h2-6,13,17,19-21H,7-12,14-16H2,1H3,(H,25,27). The Morgan fingerprint density at radius 2 is 1.87 bits per heavy atom. The number of ether oxygens (including phenoxy) is 2. The van der Waals surface area contributed by atoms with Crippen molar-refractivity contribution >= 4 is 5.82 Å². The lowest BCUT2D eigenvalue weighted by Crippen LogP contribution is -2.32. The molecule has 1 aliphatic carbocycles. The second-order valence-corrected chi connectivity index (χ2v) is 9.14. The van der Waals surface area contributed by atoms with E-state index in [1.54, 1.807) is 7.11 Å². The first kappa shape index (κ1) is 19.8. The molecular weight excluding hydrogens is 376 g/mol. The Bertz CT molecular complexity index is 823. The quantitative estimate of drug-likeness (QED) is 0.787. The lowest BCUT2D eigenvalue weighted by molar-refractivity contribution is 0.0545. The highest BCUT2D eigenvalue weighted by molar-refractivity contribution is 5.61. The average Bonchev–Trinajstić information content (AvgIpc) is 3.33. The van der Waals surface area contributed by atoms with Crippen molar-refractivity contribution in [3.05, 3.63) is 36.4 Å². The summed E-state index contributed by atoms with van der Waals surface area (Å²) in [6, 6.07) is 12.5. The molecule has 3 fully saturated rings. The maximum Gasteiger partial charge on any atom is 0.148 e. The van der Waals surface area contributed by atoms with Gasteiger partial charge in [0, 0.05) is 44.5 Å². The first-order chi connectivity index (χ1) is 14.8. The van der Waals surface area contributed by atoms with Gasteiger partial charge in [-0.25, -0.2) is 0 Å². The topological polar surface area (TPSA) is 59.5 Å². The number of methoxy groups -OCH3 is 1.